The van der Waals surface area contributed by atoms with Gasteiger partial charge < -0.3 is 24.1 Å². The number of anilines is 2. The summed E-state index contributed by atoms with van der Waals surface area (Å²) in [5, 5.41) is 13.1. The molecule has 1 aromatic carbocycles. The minimum Gasteiger partial charge on any atom is -0.493 e. The molecule has 0 radical (unpaired) electrons. The Morgan fingerprint density at radius 3 is 2.45 bits per heavy atom. The predicted molar refractivity (Wildman–Crippen MR) is 140 cm³/mol. The third-order valence-electron chi connectivity index (χ3n) is 6.62. The van der Waals surface area contributed by atoms with Crippen LogP contribution < -0.4 is 25.2 Å². The van der Waals surface area contributed by atoms with E-state index in [1.54, 1.807) is 19.7 Å². The van der Waals surface area contributed by atoms with Gasteiger partial charge in [-0.3, -0.25) is 10.0 Å². The summed E-state index contributed by atoms with van der Waals surface area (Å²) in [6.45, 7) is 4.17. The summed E-state index contributed by atoms with van der Waals surface area (Å²) in [5.74, 6) is 4.09. The number of carbonyl (C=O) groups excluding carboxylic acids is 1. The Kier molecular flexibility index (Phi) is 7.22. The summed E-state index contributed by atoms with van der Waals surface area (Å²) in [7, 11) is 3.20. The van der Waals surface area contributed by atoms with Crippen LogP contribution in [0, 0.1) is 12.8 Å². The van der Waals surface area contributed by atoms with E-state index in [4.69, 9.17) is 29.1 Å². The van der Waals surface area contributed by atoms with Crippen LogP contribution in [-0.4, -0.2) is 64.9 Å². The largest absolute Gasteiger partial charge is 0.493 e. The quantitative estimate of drug-likeness (QED) is 0.232. The third kappa shape index (κ3) is 5.16. The van der Waals surface area contributed by atoms with Gasteiger partial charge in [-0.1, -0.05) is 0 Å². The maximum Gasteiger partial charge on any atom is 0.277 e. The Morgan fingerprint density at radius 1 is 1.11 bits per heavy atom. The lowest BCUT2D eigenvalue weighted by atomic mass is 9.97. The molecule has 198 valence electrons. The molecule has 1 saturated heterocycles. The van der Waals surface area contributed by atoms with Crippen LogP contribution in [0.2, 0.25) is 0 Å². The van der Waals surface area contributed by atoms with Gasteiger partial charge in [-0.05, 0) is 43.9 Å². The van der Waals surface area contributed by atoms with Crippen molar-refractivity contribution in [3.05, 3.63) is 48.0 Å². The number of nitrogens with one attached hydrogen (secondary N) is 2. The monoisotopic (exact) mass is 519 g/mol. The zero-order valence-corrected chi connectivity index (χ0v) is 21.4. The van der Waals surface area contributed by atoms with Gasteiger partial charge in [0.1, 0.15) is 11.6 Å². The van der Waals surface area contributed by atoms with E-state index in [0.717, 1.165) is 49.1 Å². The summed E-state index contributed by atoms with van der Waals surface area (Å²) in [4.78, 5) is 31.7. The number of nitrogens with zero attached hydrogens (tertiary/aromatic N) is 5. The molecule has 0 aliphatic carbocycles. The minimum atomic E-state index is -0.639. The summed E-state index contributed by atoms with van der Waals surface area (Å²) in [6, 6.07) is 7.47. The first-order valence-corrected chi connectivity index (χ1v) is 12.2. The molecule has 1 aliphatic heterocycles. The average Bonchev–Trinajstić information content (AvgIpc) is 3.41. The van der Waals surface area contributed by atoms with Crippen molar-refractivity contribution >= 4 is 28.6 Å². The van der Waals surface area contributed by atoms with Crippen LogP contribution in [0.3, 0.4) is 0 Å². The number of carbonyl (C=O) groups is 1. The van der Waals surface area contributed by atoms with Crippen LogP contribution in [0.4, 0.5) is 11.8 Å². The molecule has 38 heavy (non-hydrogen) atoms. The van der Waals surface area contributed by atoms with E-state index in [-0.39, 0.29) is 5.56 Å². The molecule has 4 heterocycles. The first-order chi connectivity index (χ1) is 18.5. The second-order valence-electron chi connectivity index (χ2n) is 9.05. The van der Waals surface area contributed by atoms with Gasteiger partial charge in [0.2, 0.25) is 5.95 Å². The van der Waals surface area contributed by atoms with Crippen molar-refractivity contribution in [2.75, 3.05) is 44.1 Å². The van der Waals surface area contributed by atoms with Crippen LogP contribution in [0.5, 0.6) is 11.5 Å². The Labute approximate surface area is 219 Å². The van der Waals surface area contributed by atoms with E-state index < -0.39 is 5.91 Å². The fourth-order valence-corrected chi connectivity index (χ4v) is 4.50. The van der Waals surface area contributed by atoms with E-state index in [1.807, 2.05) is 31.2 Å². The number of methoxy groups -OCH3 is 2. The molecular weight excluding hydrogens is 490 g/mol. The Balaban J connectivity index is 1.32. The van der Waals surface area contributed by atoms with Crippen molar-refractivity contribution in [1.82, 2.24) is 25.4 Å². The van der Waals surface area contributed by atoms with Gasteiger partial charge in [-0.25, -0.2) is 25.4 Å². The molecule has 0 saturated carbocycles. The van der Waals surface area contributed by atoms with Gasteiger partial charge in [-0.15, -0.1) is 0 Å². The molecule has 1 fully saturated rings. The van der Waals surface area contributed by atoms with Gasteiger partial charge in [-0.2, -0.15) is 0 Å². The van der Waals surface area contributed by atoms with Crippen molar-refractivity contribution in [2.45, 2.75) is 19.8 Å². The SMILES string of the molecule is COc1cc2nc(-c3ccc(C)o3)nc(NCC3CCN(c4ncc(C(=O)NO)cn4)CC3)c2cc1OC. The number of furan rings is 1. The number of fused-ring (bicyclic) bond motifs is 1. The molecule has 0 unspecified atom stereocenters. The molecule has 1 amide bonds. The molecule has 0 bridgehead atoms. The Hall–Kier alpha value is -4.45. The lowest BCUT2D eigenvalue weighted by molar-refractivity contribution is 0.0705. The van der Waals surface area contributed by atoms with Crippen molar-refractivity contribution in [2.24, 2.45) is 5.92 Å². The highest BCUT2D eigenvalue weighted by Gasteiger charge is 2.22. The lowest BCUT2D eigenvalue weighted by Gasteiger charge is -2.32. The van der Waals surface area contributed by atoms with E-state index in [9.17, 15) is 4.79 Å². The zero-order chi connectivity index (χ0) is 26.6. The minimum absolute atomic E-state index is 0.200. The van der Waals surface area contributed by atoms with Crippen LogP contribution in [0.25, 0.3) is 22.5 Å². The normalized spacial score (nSPS) is 13.9. The molecule has 12 nitrogen and oxygen atoms in total. The second-order valence-corrected chi connectivity index (χ2v) is 9.05. The number of aryl methyl sites for hydroxylation is 1. The zero-order valence-electron chi connectivity index (χ0n) is 21.4. The third-order valence-corrected chi connectivity index (χ3v) is 6.62. The van der Waals surface area contributed by atoms with Crippen molar-refractivity contribution < 1.29 is 23.9 Å². The highest BCUT2D eigenvalue weighted by Crippen LogP contribution is 2.35. The van der Waals surface area contributed by atoms with Gasteiger partial charge >= 0.3 is 0 Å². The first kappa shape index (κ1) is 25.2. The van der Waals surface area contributed by atoms with Crippen LogP contribution in [0.1, 0.15) is 29.0 Å². The van der Waals surface area contributed by atoms with Crippen LogP contribution in [0.15, 0.2) is 41.1 Å². The molecule has 0 atom stereocenters. The topological polar surface area (TPSA) is 148 Å². The van der Waals surface area contributed by atoms with Gasteiger partial charge in [0.25, 0.3) is 5.91 Å². The van der Waals surface area contributed by atoms with Crippen molar-refractivity contribution in [3.8, 4) is 23.1 Å². The number of amides is 1. The van der Waals surface area contributed by atoms with E-state index in [0.29, 0.717) is 40.8 Å². The summed E-state index contributed by atoms with van der Waals surface area (Å²) in [6.07, 6.45) is 4.67. The summed E-state index contributed by atoms with van der Waals surface area (Å²) < 4.78 is 16.8. The number of aromatic nitrogens is 4. The fourth-order valence-electron chi connectivity index (χ4n) is 4.50. The van der Waals surface area contributed by atoms with Crippen LogP contribution >= 0.6 is 0 Å². The van der Waals surface area contributed by atoms with Crippen LogP contribution in [-0.2, 0) is 0 Å². The number of piperidine rings is 1. The molecule has 1 aliphatic rings. The van der Waals surface area contributed by atoms with Crippen molar-refractivity contribution in [1.29, 1.82) is 0 Å². The standard InChI is InChI=1S/C26H29N7O5/c1-15-4-5-20(38-15)24-30-19-11-22(37-3)21(36-2)10-18(19)23(31-24)27-12-16-6-8-33(9-7-16)26-28-13-17(14-29-26)25(34)32-35/h4-5,10-11,13-14,16,35H,6-9,12H2,1-3H3,(H,32,34)(H,27,30,31). The van der Waals surface area contributed by atoms with Crippen molar-refractivity contribution in [3.63, 3.8) is 0 Å². The first-order valence-electron chi connectivity index (χ1n) is 12.2. The molecule has 4 aromatic rings. The highest BCUT2D eigenvalue weighted by molar-refractivity contribution is 5.93. The lowest BCUT2D eigenvalue weighted by Crippen LogP contribution is -2.37. The number of ether oxygens (including phenoxy) is 2. The van der Waals surface area contributed by atoms with Gasteiger partial charge in [0.05, 0.1) is 25.3 Å². The maximum absolute atomic E-state index is 11.5. The summed E-state index contributed by atoms with van der Waals surface area (Å²) >= 11 is 0. The predicted octanol–water partition coefficient (Wildman–Crippen LogP) is 3.45. The van der Waals surface area contributed by atoms with E-state index in [2.05, 4.69) is 20.2 Å². The van der Waals surface area contributed by atoms with Gasteiger partial charge in [0.15, 0.2) is 23.1 Å². The second kappa shape index (κ2) is 10.9. The Morgan fingerprint density at radius 2 is 1.82 bits per heavy atom. The van der Waals surface area contributed by atoms with E-state index >= 15 is 0 Å². The number of hydrogen-bond donors (Lipinski definition) is 3. The fraction of sp³-hybridized carbons (Fsp3) is 0.346. The number of hydroxylamine groups is 1. The number of rotatable bonds is 8. The Bertz CT molecular complexity index is 1430. The maximum atomic E-state index is 11.5. The van der Waals surface area contributed by atoms with Gasteiger partial charge in [0, 0.05) is 43.5 Å². The molecule has 12 heteroatoms. The smallest absolute Gasteiger partial charge is 0.277 e. The molecule has 3 aromatic heterocycles. The van der Waals surface area contributed by atoms with E-state index in [1.165, 1.54) is 12.4 Å². The number of benzene rings is 1. The number of hydrogen-bond acceptors (Lipinski definition) is 11. The molecule has 5 rings (SSSR count). The average molecular weight is 520 g/mol. The molecular formula is C26H29N7O5. The highest BCUT2D eigenvalue weighted by atomic mass is 16.5. The summed E-state index contributed by atoms with van der Waals surface area (Å²) in [5.41, 5.74) is 2.50. The molecule has 0 spiro atoms. The molecule has 3 N–H and O–H groups in total.